The van der Waals surface area contributed by atoms with Crippen molar-refractivity contribution in [1.82, 2.24) is 5.32 Å². The SMILES string of the molecule is CC1(C2CC2)NC(=O)CN(c2ccccc2)C1=O. The number of hydrogen-bond donors (Lipinski definition) is 1. The molecular weight excluding hydrogens is 228 g/mol. The van der Waals surface area contributed by atoms with Gasteiger partial charge in [0.15, 0.2) is 0 Å². The van der Waals surface area contributed by atoms with Crippen molar-refractivity contribution in [2.24, 2.45) is 5.92 Å². The summed E-state index contributed by atoms with van der Waals surface area (Å²) in [6.45, 7) is 1.96. The van der Waals surface area contributed by atoms with Crippen LogP contribution in [0.1, 0.15) is 19.8 Å². The van der Waals surface area contributed by atoms with E-state index in [1.807, 2.05) is 37.3 Å². The Bertz CT molecular complexity index is 496. The lowest BCUT2D eigenvalue weighted by molar-refractivity contribution is -0.136. The number of rotatable bonds is 2. The first-order valence-corrected chi connectivity index (χ1v) is 6.29. The van der Waals surface area contributed by atoms with Gasteiger partial charge in [-0.05, 0) is 37.8 Å². The molecule has 2 amide bonds. The van der Waals surface area contributed by atoms with Gasteiger partial charge in [0.05, 0.1) is 0 Å². The summed E-state index contributed by atoms with van der Waals surface area (Å²) in [6, 6.07) is 9.39. The Morgan fingerprint density at radius 1 is 1.22 bits per heavy atom. The van der Waals surface area contributed by atoms with Crippen molar-refractivity contribution >= 4 is 17.5 Å². The molecule has 0 bridgehead atoms. The van der Waals surface area contributed by atoms with Crippen molar-refractivity contribution in [2.45, 2.75) is 25.3 Å². The van der Waals surface area contributed by atoms with Gasteiger partial charge in [0.1, 0.15) is 12.1 Å². The van der Waals surface area contributed by atoms with Crippen LogP contribution in [0.2, 0.25) is 0 Å². The van der Waals surface area contributed by atoms with E-state index in [2.05, 4.69) is 5.32 Å². The van der Waals surface area contributed by atoms with Crippen molar-refractivity contribution in [2.75, 3.05) is 11.4 Å². The van der Waals surface area contributed by atoms with Gasteiger partial charge in [-0.1, -0.05) is 18.2 Å². The average molecular weight is 244 g/mol. The number of piperazine rings is 1. The molecule has 1 unspecified atom stereocenters. The molecule has 1 saturated carbocycles. The smallest absolute Gasteiger partial charge is 0.253 e. The number of anilines is 1. The van der Waals surface area contributed by atoms with Crippen molar-refractivity contribution < 1.29 is 9.59 Å². The molecule has 0 aromatic heterocycles. The standard InChI is InChI=1S/C14H16N2O2/c1-14(10-7-8-10)13(18)16(9-12(17)15-14)11-5-3-2-4-6-11/h2-6,10H,7-9H2,1H3,(H,15,17). The minimum atomic E-state index is -0.717. The number of nitrogens with zero attached hydrogens (tertiary/aromatic N) is 1. The maximum absolute atomic E-state index is 12.6. The van der Waals surface area contributed by atoms with Crippen LogP contribution < -0.4 is 10.2 Å². The van der Waals surface area contributed by atoms with Crippen LogP contribution in [0.25, 0.3) is 0 Å². The van der Waals surface area contributed by atoms with E-state index in [9.17, 15) is 9.59 Å². The van der Waals surface area contributed by atoms with E-state index in [4.69, 9.17) is 0 Å². The van der Waals surface area contributed by atoms with E-state index in [1.165, 1.54) is 0 Å². The highest BCUT2D eigenvalue weighted by Gasteiger charge is 2.52. The monoisotopic (exact) mass is 244 g/mol. The molecule has 1 aliphatic heterocycles. The lowest BCUT2D eigenvalue weighted by Gasteiger charge is -2.40. The number of nitrogens with one attached hydrogen (secondary N) is 1. The van der Waals surface area contributed by atoms with Crippen LogP contribution in [0.4, 0.5) is 5.69 Å². The third-order valence-electron chi connectivity index (χ3n) is 3.85. The van der Waals surface area contributed by atoms with Gasteiger partial charge in [-0.3, -0.25) is 9.59 Å². The predicted molar refractivity (Wildman–Crippen MR) is 68.1 cm³/mol. The highest BCUT2D eigenvalue weighted by Crippen LogP contribution is 2.42. The second-order valence-corrected chi connectivity index (χ2v) is 5.25. The fourth-order valence-electron chi connectivity index (χ4n) is 2.63. The molecule has 4 heteroatoms. The summed E-state index contributed by atoms with van der Waals surface area (Å²) >= 11 is 0. The fraction of sp³-hybridized carbons (Fsp3) is 0.429. The van der Waals surface area contributed by atoms with E-state index in [1.54, 1.807) is 4.90 Å². The molecule has 1 aromatic rings. The van der Waals surface area contributed by atoms with Crippen LogP contribution in [0.5, 0.6) is 0 Å². The summed E-state index contributed by atoms with van der Waals surface area (Å²) < 4.78 is 0. The molecule has 18 heavy (non-hydrogen) atoms. The van der Waals surface area contributed by atoms with Gasteiger partial charge >= 0.3 is 0 Å². The first kappa shape index (κ1) is 11.3. The Morgan fingerprint density at radius 3 is 2.50 bits per heavy atom. The maximum Gasteiger partial charge on any atom is 0.253 e. The third-order valence-corrected chi connectivity index (χ3v) is 3.85. The zero-order chi connectivity index (χ0) is 12.8. The molecule has 2 fully saturated rings. The van der Waals surface area contributed by atoms with Gasteiger partial charge in [0, 0.05) is 5.69 Å². The molecule has 1 atom stereocenters. The Hall–Kier alpha value is -1.84. The van der Waals surface area contributed by atoms with E-state index in [0.29, 0.717) is 5.92 Å². The molecule has 0 radical (unpaired) electrons. The summed E-state index contributed by atoms with van der Waals surface area (Å²) in [5.74, 6) is 0.226. The second kappa shape index (κ2) is 3.83. The number of amides is 2. The predicted octanol–water partition coefficient (Wildman–Crippen LogP) is 1.32. The summed E-state index contributed by atoms with van der Waals surface area (Å²) in [4.78, 5) is 26.0. The molecule has 1 N–H and O–H groups in total. The molecule has 1 saturated heterocycles. The van der Waals surface area contributed by atoms with E-state index in [0.717, 1.165) is 18.5 Å². The van der Waals surface area contributed by atoms with E-state index < -0.39 is 5.54 Å². The largest absolute Gasteiger partial charge is 0.340 e. The molecule has 3 rings (SSSR count). The van der Waals surface area contributed by atoms with Crippen LogP contribution in [0.3, 0.4) is 0 Å². The van der Waals surface area contributed by atoms with Crippen molar-refractivity contribution in [3.63, 3.8) is 0 Å². The minimum Gasteiger partial charge on any atom is -0.340 e. The lowest BCUT2D eigenvalue weighted by atomic mass is 9.91. The van der Waals surface area contributed by atoms with E-state index >= 15 is 0 Å². The minimum absolute atomic E-state index is 0.0100. The number of para-hydroxylation sites is 1. The molecule has 1 aromatic carbocycles. The molecule has 1 heterocycles. The molecule has 2 aliphatic rings. The van der Waals surface area contributed by atoms with Crippen LogP contribution >= 0.6 is 0 Å². The van der Waals surface area contributed by atoms with Gasteiger partial charge < -0.3 is 10.2 Å². The fourth-order valence-corrected chi connectivity index (χ4v) is 2.63. The number of benzene rings is 1. The Morgan fingerprint density at radius 2 is 1.89 bits per heavy atom. The van der Waals surface area contributed by atoms with Gasteiger partial charge in [-0.25, -0.2) is 0 Å². The Labute approximate surface area is 106 Å². The van der Waals surface area contributed by atoms with Gasteiger partial charge in [-0.2, -0.15) is 0 Å². The molecule has 4 nitrogen and oxygen atoms in total. The molecule has 1 aliphatic carbocycles. The van der Waals surface area contributed by atoms with Crippen LogP contribution in [-0.2, 0) is 9.59 Å². The second-order valence-electron chi connectivity index (χ2n) is 5.25. The Balaban J connectivity index is 1.95. The highest BCUT2D eigenvalue weighted by atomic mass is 16.2. The first-order valence-electron chi connectivity index (χ1n) is 6.29. The summed E-state index contributed by atoms with van der Waals surface area (Å²) in [6.07, 6.45) is 2.04. The third kappa shape index (κ3) is 1.68. The first-order chi connectivity index (χ1) is 8.61. The normalized spacial score (nSPS) is 28.2. The maximum atomic E-state index is 12.6. The number of hydrogen-bond acceptors (Lipinski definition) is 2. The van der Waals surface area contributed by atoms with Crippen LogP contribution in [-0.4, -0.2) is 23.9 Å². The number of carbonyl (C=O) groups is 2. The van der Waals surface area contributed by atoms with Crippen LogP contribution in [0, 0.1) is 5.92 Å². The van der Waals surface area contributed by atoms with Crippen LogP contribution in [0.15, 0.2) is 30.3 Å². The van der Waals surface area contributed by atoms with Gasteiger partial charge in [0.2, 0.25) is 5.91 Å². The van der Waals surface area contributed by atoms with Crippen molar-refractivity contribution in [1.29, 1.82) is 0 Å². The molecule has 94 valence electrons. The van der Waals surface area contributed by atoms with Gasteiger partial charge in [-0.15, -0.1) is 0 Å². The summed E-state index contributed by atoms with van der Waals surface area (Å²) in [5.41, 5.74) is 0.0785. The van der Waals surface area contributed by atoms with Gasteiger partial charge in [0.25, 0.3) is 5.91 Å². The summed E-state index contributed by atoms with van der Waals surface area (Å²) in [7, 11) is 0. The quantitative estimate of drug-likeness (QED) is 0.853. The van der Waals surface area contributed by atoms with Crippen molar-refractivity contribution in [3.8, 4) is 0 Å². The Kier molecular flexibility index (Phi) is 2.40. The number of carbonyl (C=O) groups excluding carboxylic acids is 2. The molecule has 0 spiro atoms. The topological polar surface area (TPSA) is 49.4 Å². The summed E-state index contributed by atoms with van der Waals surface area (Å²) in [5, 5.41) is 2.87. The lowest BCUT2D eigenvalue weighted by Crippen LogP contribution is -2.66. The highest BCUT2D eigenvalue weighted by molar-refractivity contribution is 6.09. The molecular formula is C14H16N2O2. The zero-order valence-corrected chi connectivity index (χ0v) is 10.3. The van der Waals surface area contributed by atoms with E-state index in [-0.39, 0.29) is 18.4 Å². The average Bonchev–Trinajstić information content (AvgIpc) is 3.19. The zero-order valence-electron chi connectivity index (χ0n) is 10.3. The van der Waals surface area contributed by atoms with Crippen molar-refractivity contribution in [3.05, 3.63) is 30.3 Å².